The van der Waals surface area contributed by atoms with E-state index in [1.807, 2.05) is 0 Å². The number of aliphatic hydroxyl groups is 1. The van der Waals surface area contributed by atoms with Gasteiger partial charge in [0, 0.05) is 12.1 Å². The van der Waals surface area contributed by atoms with E-state index in [0.29, 0.717) is 28.6 Å². The molecule has 1 saturated heterocycles. The zero-order chi connectivity index (χ0) is 20.3. The van der Waals surface area contributed by atoms with Gasteiger partial charge in [0.1, 0.15) is 23.3 Å². The highest BCUT2D eigenvalue weighted by atomic mass is 35.5. The number of aliphatic hydroxyl groups excluding tert-OH is 1. The number of rotatable bonds is 7. The van der Waals surface area contributed by atoms with E-state index in [1.54, 1.807) is 24.3 Å². The van der Waals surface area contributed by atoms with Crippen molar-refractivity contribution in [1.29, 1.82) is 0 Å². The van der Waals surface area contributed by atoms with E-state index in [2.05, 4.69) is 6.92 Å². The summed E-state index contributed by atoms with van der Waals surface area (Å²) in [4.78, 5) is 26.9. The van der Waals surface area contributed by atoms with E-state index < -0.39 is 17.7 Å². The predicted octanol–water partition coefficient (Wildman–Crippen LogP) is 4.55. The lowest BCUT2D eigenvalue weighted by Crippen LogP contribution is -2.30. The number of benzene rings is 1. The Bertz CT molecular complexity index is 904. The van der Waals surface area contributed by atoms with E-state index in [1.165, 1.54) is 24.3 Å². The van der Waals surface area contributed by atoms with Gasteiger partial charge in [-0.2, -0.15) is 0 Å². The fourth-order valence-electron chi connectivity index (χ4n) is 3.35. The van der Waals surface area contributed by atoms with E-state index in [9.17, 15) is 14.7 Å². The van der Waals surface area contributed by atoms with Crippen LogP contribution in [-0.4, -0.2) is 35.4 Å². The number of halogens is 1. The van der Waals surface area contributed by atoms with Gasteiger partial charge in [0.05, 0.1) is 24.0 Å². The van der Waals surface area contributed by atoms with E-state index >= 15 is 0 Å². The number of hydrogen-bond acceptors (Lipinski definition) is 5. The summed E-state index contributed by atoms with van der Waals surface area (Å²) in [5.41, 5.74) is 0.326. The molecule has 0 radical (unpaired) electrons. The second-order valence-electron chi connectivity index (χ2n) is 6.56. The molecule has 1 unspecified atom stereocenters. The maximum Gasteiger partial charge on any atom is 0.295 e. The number of Topliss-reactive ketones (excluding diaryl/α,β-unsaturated/α-hetero) is 1. The van der Waals surface area contributed by atoms with Crippen LogP contribution in [0.3, 0.4) is 0 Å². The molecule has 0 saturated carbocycles. The summed E-state index contributed by atoms with van der Waals surface area (Å²) in [5, 5.41) is 11.2. The fraction of sp³-hybridized carbons (Fsp3) is 0.333. The molecule has 1 aliphatic rings. The van der Waals surface area contributed by atoms with Gasteiger partial charge in [-0.15, -0.1) is 0 Å². The molecule has 28 heavy (non-hydrogen) atoms. The van der Waals surface area contributed by atoms with Crippen LogP contribution in [0.1, 0.15) is 43.6 Å². The summed E-state index contributed by atoms with van der Waals surface area (Å²) in [6.45, 7) is 2.47. The highest BCUT2D eigenvalue weighted by Gasteiger charge is 2.47. The molecular weight excluding hydrogens is 382 g/mol. The van der Waals surface area contributed by atoms with E-state index in [4.69, 9.17) is 20.8 Å². The molecule has 2 aromatic rings. The van der Waals surface area contributed by atoms with Crippen LogP contribution in [-0.2, 0) is 9.59 Å². The van der Waals surface area contributed by atoms with Gasteiger partial charge in [-0.1, -0.05) is 31.4 Å². The first-order valence-corrected chi connectivity index (χ1v) is 9.53. The van der Waals surface area contributed by atoms with Crippen molar-refractivity contribution < 1.29 is 23.8 Å². The molecular formula is C21H22ClNO5. The first-order valence-electron chi connectivity index (χ1n) is 9.15. The maximum atomic E-state index is 12.8. The smallest absolute Gasteiger partial charge is 0.295 e. The third-order valence-corrected chi connectivity index (χ3v) is 5.08. The van der Waals surface area contributed by atoms with Crippen LogP contribution < -0.4 is 4.74 Å². The van der Waals surface area contributed by atoms with Crippen molar-refractivity contribution in [1.82, 2.24) is 4.90 Å². The SMILES string of the molecule is CCCCCN1C(=O)C(=O)/C(=C(\O)c2ccc(OC)c(Cl)c2)C1c1ccco1. The maximum absolute atomic E-state index is 12.8. The van der Waals surface area contributed by atoms with Gasteiger partial charge < -0.3 is 19.2 Å². The molecule has 7 heteroatoms. The number of unbranched alkanes of at least 4 members (excludes halogenated alkanes) is 2. The Kier molecular flexibility index (Phi) is 6.09. The standard InChI is InChI=1S/C21H22ClNO5/c1-3-4-5-10-23-18(16-7-6-11-28-16)17(20(25)21(23)26)19(24)13-8-9-15(27-2)14(22)12-13/h6-9,11-12,18,24H,3-5,10H2,1-2H3/b19-17-. The van der Waals surface area contributed by atoms with Gasteiger partial charge in [-0.3, -0.25) is 9.59 Å². The molecule has 1 aliphatic heterocycles. The zero-order valence-corrected chi connectivity index (χ0v) is 16.5. The van der Waals surface area contributed by atoms with E-state index in [-0.39, 0.29) is 11.3 Å². The minimum Gasteiger partial charge on any atom is -0.507 e. The summed E-state index contributed by atoms with van der Waals surface area (Å²) in [6, 6.07) is 7.29. The second-order valence-corrected chi connectivity index (χ2v) is 6.97. The second kappa shape index (κ2) is 8.52. The lowest BCUT2D eigenvalue weighted by atomic mass is 9.99. The molecule has 1 aromatic heterocycles. The minimum atomic E-state index is -0.771. The minimum absolute atomic E-state index is 0.00215. The van der Waals surface area contributed by atoms with Crippen molar-refractivity contribution in [3.8, 4) is 5.75 Å². The molecule has 0 spiro atoms. The Morgan fingerprint density at radius 1 is 1.29 bits per heavy atom. The van der Waals surface area contributed by atoms with Crippen LogP contribution >= 0.6 is 11.6 Å². The average molecular weight is 404 g/mol. The van der Waals surface area contributed by atoms with Crippen molar-refractivity contribution in [3.05, 3.63) is 58.5 Å². The van der Waals surface area contributed by atoms with Crippen molar-refractivity contribution >= 4 is 29.1 Å². The van der Waals surface area contributed by atoms with Crippen LogP contribution in [0.2, 0.25) is 5.02 Å². The number of carbonyl (C=O) groups is 2. The molecule has 0 aliphatic carbocycles. The number of ether oxygens (including phenoxy) is 1. The van der Waals surface area contributed by atoms with Crippen LogP contribution in [0.4, 0.5) is 0 Å². The molecule has 2 heterocycles. The summed E-state index contributed by atoms with van der Waals surface area (Å²) in [7, 11) is 1.49. The first-order chi connectivity index (χ1) is 13.5. The largest absolute Gasteiger partial charge is 0.507 e. The number of likely N-dealkylation sites (tertiary alicyclic amines) is 1. The number of carbonyl (C=O) groups excluding carboxylic acids is 2. The summed E-state index contributed by atoms with van der Waals surface area (Å²) in [5.74, 6) is -0.791. The number of methoxy groups -OCH3 is 1. The van der Waals surface area contributed by atoms with Crippen LogP contribution in [0.25, 0.3) is 5.76 Å². The molecule has 1 amide bonds. The third-order valence-electron chi connectivity index (χ3n) is 4.78. The Morgan fingerprint density at radius 2 is 2.07 bits per heavy atom. The molecule has 0 bridgehead atoms. The highest BCUT2D eigenvalue weighted by Crippen LogP contribution is 2.40. The Morgan fingerprint density at radius 3 is 2.68 bits per heavy atom. The Balaban J connectivity index is 2.08. The lowest BCUT2D eigenvalue weighted by Gasteiger charge is -2.23. The van der Waals surface area contributed by atoms with Gasteiger partial charge in [0.25, 0.3) is 11.7 Å². The zero-order valence-electron chi connectivity index (χ0n) is 15.8. The first kappa shape index (κ1) is 20.0. The summed E-state index contributed by atoms with van der Waals surface area (Å²) in [6.07, 6.45) is 4.16. The number of nitrogens with zero attached hydrogens (tertiary/aromatic N) is 1. The topological polar surface area (TPSA) is 80.0 Å². The van der Waals surface area contributed by atoms with Gasteiger partial charge in [-0.05, 0) is 36.8 Å². The third kappa shape index (κ3) is 3.64. The van der Waals surface area contributed by atoms with Gasteiger partial charge >= 0.3 is 0 Å². The predicted molar refractivity (Wildman–Crippen MR) is 105 cm³/mol. The van der Waals surface area contributed by atoms with Gasteiger partial charge in [-0.25, -0.2) is 0 Å². The van der Waals surface area contributed by atoms with Gasteiger partial charge in [0.2, 0.25) is 0 Å². The quantitative estimate of drug-likeness (QED) is 0.317. The molecule has 3 rings (SSSR count). The van der Waals surface area contributed by atoms with Crippen LogP contribution in [0, 0.1) is 0 Å². The summed E-state index contributed by atoms with van der Waals surface area (Å²) < 4.78 is 10.6. The van der Waals surface area contributed by atoms with Crippen molar-refractivity contribution in [2.75, 3.05) is 13.7 Å². The molecule has 1 fully saturated rings. The number of furan rings is 1. The lowest BCUT2D eigenvalue weighted by molar-refractivity contribution is -0.140. The Labute approximate surface area is 168 Å². The van der Waals surface area contributed by atoms with Crippen LogP contribution in [0.15, 0.2) is 46.6 Å². The van der Waals surface area contributed by atoms with E-state index in [0.717, 1.165) is 19.3 Å². The molecule has 1 aromatic carbocycles. The van der Waals surface area contributed by atoms with Crippen molar-refractivity contribution in [2.45, 2.75) is 32.2 Å². The number of hydrogen-bond donors (Lipinski definition) is 1. The normalized spacial score (nSPS) is 18.7. The average Bonchev–Trinajstić information content (AvgIpc) is 3.30. The van der Waals surface area contributed by atoms with Crippen molar-refractivity contribution in [2.24, 2.45) is 0 Å². The summed E-state index contributed by atoms with van der Waals surface area (Å²) >= 11 is 6.15. The van der Waals surface area contributed by atoms with Crippen LogP contribution in [0.5, 0.6) is 5.75 Å². The Hall–Kier alpha value is -2.73. The monoisotopic (exact) mass is 403 g/mol. The highest BCUT2D eigenvalue weighted by molar-refractivity contribution is 6.46. The molecule has 148 valence electrons. The van der Waals surface area contributed by atoms with Gasteiger partial charge in [0.15, 0.2) is 0 Å². The molecule has 1 atom stereocenters. The van der Waals surface area contributed by atoms with Crippen molar-refractivity contribution in [3.63, 3.8) is 0 Å². The molecule has 6 nitrogen and oxygen atoms in total. The fourth-order valence-corrected chi connectivity index (χ4v) is 3.61. The number of ketones is 1. The number of amides is 1. The molecule has 1 N–H and O–H groups in total.